The number of hydrogen-bond donors (Lipinski definition) is 2. The molecule has 0 aromatic heterocycles. The number of rotatable bonds is 6. The maximum atomic E-state index is 11.7. The van der Waals surface area contributed by atoms with Crippen molar-refractivity contribution in [1.82, 2.24) is 15.2 Å². The fraction of sp³-hybridized carbons (Fsp3) is 0.917. The summed E-state index contributed by atoms with van der Waals surface area (Å²) in [5.41, 5.74) is 2.84. The van der Waals surface area contributed by atoms with E-state index in [-0.39, 0.29) is 10.5 Å². The number of aliphatic hydroxyl groups excluding tert-OH is 1. The monoisotopic (exact) mass is 259 g/mol. The van der Waals surface area contributed by atoms with E-state index in [4.69, 9.17) is 0 Å². The van der Waals surface area contributed by atoms with Gasteiger partial charge in [0.05, 0.1) is 27.2 Å². The first-order valence-corrected chi connectivity index (χ1v) is 6.51. The number of nitrogens with one attached hydrogen (secondary N) is 1. The van der Waals surface area contributed by atoms with Gasteiger partial charge in [0.1, 0.15) is 0 Å². The van der Waals surface area contributed by atoms with Crippen LogP contribution in [0, 0.1) is 0 Å². The van der Waals surface area contributed by atoms with Crippen LogP contribution in [0.4, 0.5) is 0 Å². The first-order valence-electron chi connectivity index (χ1n) is 6.51. The quantitative estimate of drug-likeness (QED) is 0.368. The Morgan fingerprint density at radius 1 is 1.39 bits per heavy atom. The fourth-order valence-corrected chi connectivity index (χ4v) is 2.12. The number of nitrogens with zero attached hydrogens (tertiary/aromatic N) is 3. The maximum absolute atomic E-state index is 11.7. The smallest absolute Gasteiger partial charge is 0.279 e. The zero-order valence-corrected chi connectivity index (χ0v) is 12.0. The molecule has 1 unspecified atom stereocenters. The predicted octanol–water partition coefficient (Wildman–Crippen LogP) is -0.930. The summed E-state index contributed by atoms with van der Waals surface area (Å²) in [6.45, 7) is 3.03. The average molecular weight is 259 g/mol. The van der Waals surface area contributed by atoms with Gasteiger partial charge in [-0.2, -0.15) is 10.0 Å². The molecule has 1 fully saturated rings. The lowest BCUT2D eigenvalue weighted by Crippen LogP contribution is -2.63. The minimum absolute atomic E-state index is 0.0783. The van der Waals surface area contributed by atoms with Gasteiger partial charge in [-0.1, -0.05) is 0 Å². The molecule has 1 saturated heterocycles. The Balaban J connectivity index is 2.42. The molecular formula is C12H27N4O2+. The van der Waals surface area contributed by atoms with Crippen LogP contribution in [0.3, 0.4) is 0 Å². The van der Waals surface area contributed by atoms with Crippen LogP contribution in [0.5, 0.6) is 0 Å². The molecule has 2 N–H and O–H groups in total. The molecule has 1 heterocycles. The van der Waals surface area contributed by atoms with Crippen LogP contribution in [-0.4, -0.2) is 86.0 Å². The molecule has 0 saturated carbocycles. The maximum Gasteiger partial charge on any atom is 0.279 e. The predicted molar refractivity (Wildman–Crippen MR) is 70.5 cm³/mol. The van der Waals surface area contributed by atoms with Crippen LogP contribution in [0.25, 0.3) is 0 Å². The topological polar surface area (TPSA) is 55.8 Å². The highest BCUT2D eigenvalue weighted by Crippen LogP contribution is 2.10. The standard InChI is InChI=1S/C12H26N4O2/c1-14(2)9-11(17)13-16(3,4)12(18)10-15-7-5-6-8-15/h12,18H,5-10H2,1-4H3/p+1. The van der Waals surface area contributed by atoms with Crippen molar-refractivity contribution in [1.29, 1.82) is 0 Å². The highest BCUT2D eigenvalue weighted by atomic mass is 16.3. The normalized spacial score (nSPS) is 19.2. The summed E-state index contributed by atoms with van der Waals surface area (Å²) in [6, 6.07) is 0. The van der Waals surface area contributed by atoms with Crippen LogP contribution in [0.1, 0.15) is 12.8 Å². The third kappa shape index (κ3) is 4.89. The van der Waals surface area contributed by atoms with E-state index in [0.717, 1.165) is 13.1 Å². The number of aliphatic hydroxyl groups is 1. The molecule has 0 bridgehead atoms. The SMILES string of the molecule is CN(C)CC(=O)N[N+](C)(C)C(O)CN1CCCC1. The van der Waals surface area contributed by atoms with Crippen LogP contribution < -0.4 is 5.43 Å². The summed E-state index contributed by atoms with van der Waals surface area (Å²) < 4.78 is 0.100. The number of likely N-dealkylation sites (N-methyl/N-ethyl adjacent to an activating group) is 2. The first kappa shape index (κ1) is 15.4. The lowest BCUT2D eigenvalue weighted by atomic mass is 10.4. The Labute approximate surface area is 110 Å². The fourth-order valence-electron chi connectivity index (χ4n) is 2.12. The molecule has 18 heavy (non-hydrogen) atoms. The van der Waals surface area contributed by atoms with Crippen LogP contribution >= 0.6 is 0 Å². The third-order valence-electron chi connectivity index (χ3n) is 3.24. The van der Waals surface area contributed by atoms with E-state index in [1.54, 1.807) is 0 Å². The van der Waals surface area contributed by atoms with E-state index >= 15 is 0 Å². The number of carbonyl (C=O) groups is 1. The average Bonchev–Trinajstić information content (AvgIpc) is 2.67. The Morgan fingerprint density at radius 3 is 2.44 bits per heavy atom. The van der Waals surface area contributed by atoms with Crippen LogP contribution in [0.2, 0.25) is 0 Å². The lowest BCUT2D eigenvalue weighted by molar-refractivity contribution is -0.968. The van der Waals surface area contributed by atoms with Crippen molar-refractivity contribution in [2.24, 2.45) is 0 Å². The summed E-state index contributed by atoms with van der Waals surface area (Å²) in [7, 11) is 7.32. The largest absolute Gasteiger partial charge is 0.342 e. The summed E-state index contributed by atoms with van der Waals surface area (Å²) >= 11 is 0. The zero-order chi connectivity index (χ0) is 13.8. The van der Waals surface area contributed by atoms with Gasteiger partial charge >= 0.3 is 0 Å². The second-order valence-corrected chi connectivity index (χ2v) is 5.80. The Morgan fingerprint density at radius 2 is 1.94 bits per heavy atom. The van der Waals surface area contributed by atoms with Crippen molar-refractivity contribution in [3.05, 3.63) is 0 Å². The van der Waals surface area contributed by atoms with Crippen LogP contribution in [0.15, 0.2) is 0 Å². The molecule has 1 atom stereocenters. The second kappa shape index (κ2) is 6.47. The third-order valence-corrected chi connectivity index (χ3v) is 3.24. The second-order valence-electron chi connectivity index (χ2n) is 5.80. The summed E-state index contributed by atoms with van der Waals surface area (Å²) in [4.78, 5) is 15.8. The molecule has 0 radical (unpaired) electrons. The van der Waals surface area contributed by atoms with Gasteiger partial charge in [0.25, 0.3) is 5.91 Å². The van der Waals surface area contributed by atoms with Gasteiger partial charge in [-0.3, -0.25) is 9.69 Å². The van der Waals surface area contributed by atoms with E-state index in [9.17, 15) is 9.90 Å². The van der Waals surface area contributed by atoms with Crippen molar-refractivity contribution in [3.8, 4) is 0 Å². The molecule has 106 valence electrons. The molecule has 0 aromatic carbocycles. The number of carbonyl (C=O) groups excluding carboxylic acids is 1. The van der Waals surface area contributed by atoms with Gasteiger partial charge in [-0.15, -0.1) is 0 Å². The Bertz CT molecular complexity index is 275. The number of amides is 1. The molecule has 6 heteroatoms. The molecule has 1 aliphatic heterocycles. The highest BCUT2D eigenvalue weighted by molar-refractivity contribution is 5.76. The summed E-state index contributed by atoms with van der Waals surface area (Å²) in [5, 5.41) is 10.2. The lowest BCUT2D eigenvalue weighted by Gasteiger charge is -2.35. The Hall–Kier alpha value is -0.690. The van der Waals surface area contributed by atoms with Crippen molar-refractivity contribution >= 4 is 5.91 Å². The number of β-amino-alcohol motifs (C(OH)–C–C–N with tert-alkyl or cyclic N) is 1. The van der Waals surface area contributed by atoms with Gasteiger partial charge in [0, 0.05) is 0 Å². The number of likely N-dealkylation sites (tertiary alicyclic amines) is 1. The van der Waals surface area contributed by atoms with Gasteiger partial charge < -0.3 is 10.0 Å². The molecule has 6 nitrogen and oxygen atoms in total. The summed E-state index contributed by atoms with van der Waals surface area (Å²) in [5.74, 6) is -0.0783. The minimum Gasteiger partial charge on any atom is -0.342 e. The van der Waals surface area contributed by atoms with E-state index in [2.05, 4.69) is 10.3 Å². The van der Waals surface area contributed by atoms with Gasteiger partial charge in [0.2, 0.25) is 6.23 Å². The van der Waals surface area contributed by atoms with Gasteiger partial charge in [-0.25, -0.2) is 0 Å². The van der Waals surface area contributed by atoms with E-state index in [1.165, 1.54) is 12.8 Å². The zero-order valence-electron chi connectivity index (χ0n) is 12.0. The van der Waals surface area contributed by atoms with E-state index < -0.39 is 6.23 Å². The highest BCUT2D eigenvalue weighted by Gasteiger charge is 2.31. The van der Waals surface area contributed by atoms with Crippen LogP contribution in [-0.2, 0) is 4.79 Å². The number of hydrogen-bond acceptors (Lipinski definition) is 4. The van der Waals surface area contributed by atoms with Crippen molar-refractivity contribution in [2.45, 2.75) is 19.1 Å². The van der Waals surface area contributed by atoms with Gasteiger partial charge in [-0.05, 0) is 40.0 Å². The van der Waals surface area contributed by atoms with Gasteiger partial charge in [0.15, 0.2) is 0 Å². The molecule has 1 rings (SSSR count). The Kier molecular flexibility index (Phi) is 5.52. The molecule has 1 amide bonds. The van der Waals surface area contributed by atoms with Crippen molar-refractivity contribution < 1.29 is 14.5 Å². The van der Waals surface area contributed by atoms with E-state index in [0.29, 0.717) is 13.1 Å². The minimum atomic E-state index is -0.603. The van der Waals surface area contributed by atoms with E-state index in [1.807, 2.05) is 33.1 Å². The first-order chi connectivity index (χ1) is 8.31. The molecular weight excluding hydrogens is 232 g/mol. The van der Waals surface area contributed by atoms with Crippen molar-refractivity contribution in [3.63, 3.8) is 0 Å². The number of quaternary nitrogens is 1. The molecule has 0 aliphatic carbocycles. The molecule has 0 aromatic rings. The molecule has 1 aliphatic rings. The molecule has 0 spiro atoms. The van der Waals surface area contributed by atoms with Crippen molar-refractivity contribution in [2.75, 3.05) is 54.4 Å². The summed E-state index contributed by atoms with van der Waals surface area (Å²) in [6.07, 6.45) is 1.80.